The van der Waals surface area contributed by atoms with Crippen LogP contribution >= 0.6 is 0 Å². The van der Waals surface area contributed by atoms with E-state index in [1.54, 1.807) is 0 Å². The van der Waals surface area contributed by atoms with Gasteiger partial charge in [0.15, 0.2) is 0 Å². The number of aromatic nitrogens is 2. The summed E-state index contributed by atoms with van der Waals surface area (Å²) in [5, 5.41) is 3.04. The van der Waals surface area contributed by atoms with Gasteiger partial charge in [0.25, 0.3) is 0 Å². The molecular formula is C17H29F2N5O. The number of amides is 1. The predicted octanol–water partition coefficient (Wildman–Crippen LogP) is 1.95. The van der Waals surface area contributed by atoms with E-state index in [9.17, 15) is 13.6 Å². The van der Waals surface area contributed by atoms with E-state index >= 15 is 0 Å². The number of carbonyl (C=O) groups excluding carboxylic acids is 1. The highest BCUT2D eigenvalue weighted by Gasteiger charge is 2.26. The minimum Gasteiger partial charge on any atom is -0.351 e. The number of hydrogen-bond acceptors (Lipinski definition) is 4. The molecule has 1 aromatic rings. The Morgan fingerprint density at radius 1 is 1.48 bits per heavy atom. The zero-order valence-corrected chi connectivity index (χ0v) is 15.5. The lowest BCUT2D eigenvalue weighted by Crippen LogP contribution is -2.43. The number of likely N-dealkylation sites (tertiary alicyclic amines) is 1. The molecule has 0 aliphatic carbocycles. The molecule has 1 amide bonds. The maximum Gasteiger partial charge on any atom is 0.319 e. The molecule has 0 radical (unpaired) electrons. The van der Waals surface area contributed by atoms with Crippen LogP contribution in [0, 0.1) is 5.41 Å². The van der Waals surface area contributed by atoms with Gasteiger partial charge in [0, 0.05) is 38.1 Å². The highest BCUT2D eigenvalue weighted by molar-refractivity contribution is 5.78. The fourth-order valence-corrected chi connectivity index (χ4v) is 3.32. The van der Waals surface area contributed by atoms with Gasteiger partial charge in [-0.1, -0.05) is 20.8 Å². The molecule has 6 nitrogen and oxygen atoms in total. The van der Waals surface area contributed by atoms with Crippen LogP contribution in [0.2, 0.25) is 0 Å². The molecule has 1 aliphatic heterocycles. The van der Waals surface area contributed by atoms with Gasteiger partial charge in [-0.3, -0.25) is 19.2 Å². The summed E-state index contributed by atoms with van der Waals surface area (Å²) in [5.74, 6) is 0.361. The molecule has 0 spiro atoms. The molecular weight excluding hydrogens is 328 g/mol. The Bertz CT molecular complexity index is 570. The number of rotatable bonds is 7. The molecule has 0 unspecified atom stereocenters. The Morgan fingerprint density at radius 2 is 2.20 bits per heavy atom. The number of nitrogens with one attached hydrogen (secondary N) is 1. The molecule has 1 aromatic heterocycles. The third kappa shape index (κ3) is 6.36. The monoisotopic (exact) mass is 357 g/mol. The Hall–Kier alpha value is -1.54. The first-order chi connectivity index (χ1) is 11.6. The number of carbonyl (C=O) groups is 1. The summed E-state index contributed by atoms with van der Waals surface area (Å²) in [6.07, 6.45) is 3.51. The van der Waals surface area contributed by atoms with Crippen molar-refractivity contribution in [2.45, 2.75) is 46.3 Å². The van der Waals surface area contributed by atoms with Gasteiger partial charge in [-0.2, -0.15) is 8.78 Å². The summed E-state index contributed by atoms with van der Waals surface area (Å²) < 4.78 is 26.6. The first-order valence-electron chi connectivity index (χ1n) is 8.64. The molecule has 1 saturated heterocycles. The van der Waals surface area contributed by atoms with Gasteiger partial charge in [0.2, 0.25) is 5.91 Å². The van der Waals surface area contributed by atoms with Crippen molar-refractivity contribution < 1.29 is 13.6 Å². The first-order valence-corrected chi connectivity index (χ1v) is 8.64. The minimum atomic E-state index is -2.58. The van der Waals surface area contributed by atoms with Crippen LogP contribution in [0.1, 0.15) is 39.6 Å². The highest BCUT2D eigenvalue weighted by atomic mass is 19.3. The Kier molecular flexibility index (Phi) is 6.51. The van der Waals surface area contributed by atoms with Gasteiger partial charge in [0.05, 0.1) is 13.1 Å². The molecule has 0 bridgehead atoms. The Labute approximate surface area is 148 Å². The lowest BCUT2D eigenvalue weighted by molar-refractivity contribution is -0.122. The van der Waals surface area contributed by atoms with E-state index in [2.05, 4.69) is 31.1 Å². The average Bonchev–Trinajstić information content (AvgIpc) is 3.06. The van der Waals surface area contributed by atoms with Crippen molar-refractivity contribution in [2.24, 2.45) is 5.41 Å². The second-order valence-corrected chi connectivity index (χ2v) is 8.05. The molecule has 1 atom stereocenters. The van der Waals surface area contributed by atoms with Crippen LogP contribution in [0.5, 0.6) is 0 Å². The quantitative estimate of drug-likeness (QED) is 0.810. The summed E-state index contributed by atoms with van der Waals surface area (Å²) in [4.78, 5) is 20.2. The van der Waals surface area contributed by atoms with Crippen molar-refractivity contribution in [1.82, 2.24) is 24.7 Å². The number of hydrogen-bond donors (Lipinski definition) is 1. The van der Waals surface area contributed by atoms with Gasteiger partial charge in [-0.25, -0.2) is 4.98 Å². The SMILES string of the molecule is CN(CC(=O)N[C@H]1CCN(Cc2nccn2C(F)F)C1)CC(C)(C)C. The average molecular weight is 357 g/mol. The van der Waals surface area contributed by atoms with Crippen molar-refractivity contribution in [2.75, 3.05) is 33.2 Å². The highest BCUT2D eigenvalue weighted by Crippen LogP contribution is 2.17. The molecule has 2 heterocycles. The summed E-state index contributed by atoms with van der Waals surface area (Å²) >= 11 is 0. The van der Waals surface area contributed by atoms with Crippen LogP contribution in [0.4, 0.5) is 8.78 Å². The lowest BCUT2D eigenvalue weighted by Gasteiger charge is -2.26. The van der Waals surface area contributed by atoms with Gasteiger partial charge >= 0.3 is 6.55 Å². The van der Waals surface area contributed by atoms with Crippen molar-refractivity contribution in [3.63, 3.8) is 0 Å². The van der Waals surface area contributed by atoms with Gasteiger partial charge in [-0.15, -0.1) is 0 Å². The standard InChI is InChI=1S/C17H29F2N5O/c1-17(2,3)12-22(4)11-15(25)21-13-5-7-23(9-13)10-14-20-6-8-24(14)16(18)19/h6,8,13,16H,5,7,9-12H2,1-4H3,(H,21,25)/t13-/m0/s1. The molecule has 1 N–H and O–H groups in total. The molecule has 0 saturated carbocycles. The van der Waals surface area contributed by atoms with E-state index < -0.39 is 6.55 Å². The maximum atomic E-state index is 12.9. The summed E-state index contributed by atoms with van der Waals surface area (Å²) in [5.41, 5.74) is 0.145. The van der Waals surface area contributed by atoms with Gasteiger partial charge in [0.1, 0.15) is 5.82 Å². The zero-order chi connectivity index (χ0) is 18.6. The number of alkyl halides is 2. The van der Waals surface area contributed by atoms with E-state index in [1.165, 1.54) is 12.4 Å². The Balaban J connectivity index is 1.77. The van der Waals surface area contributed by atoms with Gasteiger partial charge in [-0.05, 0) is 18.9 Å². The van der Waals surface area contributed by atoms with Crippen molar-refractivity contribution in [1.29, 1.82) is 0 Å². The van der Waals surface area contributed by atoms with Crippen LogP contribution in [-0.2, 0) is 11.3 Å². The third-order valence-corrected chi connectivity index (χ3v) is 4.12. The zero-order valence-electron chi connectivity index (χ0n) is 15.5. The minimum absolute atomic E-state index is 0.00711. The fraction of sp³-hybridized carbons (Fsp3) is 0.765. The number of imidazole rings is 1. The van der Waals surface area contributed by atoms with Crippen LogP contribution in [-0.4, -0.2) is 64.5 Å². The fourth-order valence-electron chi connectivity index (χ4n) is 3.32. The number of halogens is 2. The smallest absolute Gasteiger partial charge is 0.319 e. The summed E-state index contributed by atoms with van der Waals surface area (Å²) in [7, 11) is 1.94. The molecule has 1 aliphatic rings. The molecule has 142 valence electrons. The van der Waals surface area contributed by atoms with Crippen LogP contribution in [0.15, 0.2) is 12.4 Å². The van der Waals surface area contributed by atoms with E-state index in [4.69, 9.17) is 0 Å². The number of likely N-dealkylation sites (N-methyl/N-ethyl adjacent to an activating group) is 1. The summed E-state index contributed by atoms with van der Waals surface area (Å²) in [6.45, 7) is 6.83. The normalized spacial score (nSPS) is 19.1. The molecule has 2 rings (SSSR count). The molecule has 8 heteroatoms. The largest absolute Gasteiger partial charge is 0.351 e. The first kappa shape index (κ1) is 19.8. The third-order valence-electron chi connectivity index (χ3n) is 4.12. The second kappa shape index (κ2) is 8.23. The maximum absolute atomic E-state index is 12.9. The summed E-state index contributed by atoms with van der Waals surface area (Å²) in [6, 6.07) is 0.0606. The van der Waals surface area contributed by atoms with E-state index in [0.717, 1.165) is 24.1 Å². The van der Waals surface area contributed by atoms with Crippen molar-refractivity contribution >= 4 is 5.91 Å². The van der Waals surface area contributed by atoms with E-state index in [0.29, 0.717) is 25.5 Å². The van der Waals surface area contributed by atoms with Gasteiger partial charge < -0.3 is 5.32 Å². The molecule has 1 fully saturated rings. The lowest BCUT2D eigenvalue weighted by atomic mass is 9.96. The second-order valence-electron chi connectivity index (χ2n) is 8.05. The topological polar surface area (TPSA) is 53.4 Å². The van der Waals surface area contributed by atoms with Crippen molar-refractivity contribution in [3.05, 3.63) is 18.2 Å². The van der Waals surface area contributed by atoms with Crippen LogP contribution in [0.25, 0.3) is 0 Å². The van der Waals surface area contributed by atoms with Crippen molar-refractivity contribution in [3.8, 4) is 0 Å². The number of nitrogens with zero attached hydrogens (tertiary/aromatic N) is 4. The van der Waals surface area contributed by atoms with E-state index in [-0.39, 0.29) is 17.4 Å². The predicted molar refractivity (Wildman–Crippen MR) is 92.3 cm³/mol. The molecule has 0 aromatic carbocycles. The Morgan fingerprint density at radius 3 is 2.84 bits per heavy atom. The van der Waals surface area contributed by atoms with E-state index in [1.807, 2.05) is 16.8 Å². The molecule has 25 heavy (non-hydrogen) atoms. The van der Waals surface area contributed by atoms with Crippen LogP contribution < -0.4 is 5.32 Å². The van der Waals surface area contributed by atoms with Crippen LogP contribution in [0.3, 0.4) is 0 Å².